The van der Waals surface area contributed by atoms with Gasteiger partial charge >= 0.3 is 0 Å². The zero-order chi connectivity index (χ0) is 19.5. The van der Waals surface area contributed by atoms with Crippen molar-refractivity contribution in [3.05, 3.63) is 89.9 Å². The van der Waals surface area contributed by atoms with E-state index >= 15 is 0 Å². The summed E-state index contributed by atoms with van der Waals surface area (Å²) >= 11 is 0. The molecule has 2 aromatic carbocycles. The van der Waals surface area contributed by atoms with E-state index in [4.69, 9.17) is 0 Å². The number of nitrogens with zero attached hydrogens (tertiary/aromatic N) is 5. The van der Waals surface area contributed by atoms with E-state index in [9.17, 15) is 10.1 Å². The van der Waals surface area contributed by atoms with E-state index < -0.39 is 0 Å². The Morgan fingerprint density at radius 2 is 1.50 bits per heavy atom. The zero-order valence-corrected chi connectivity index (χ0v) is 15.1. The Labute approximate surface area is 161 Å². The molecule has 7 heteroatoms. The van der Waals surface area contributed by atoms with E-state index in [-0.39, 0.29) is 11.5 Å². The molecule has 0 atom stereocenters. The minimum absolute atomic E-state index is 0.283. The van der Waals surface area contributed by atoms with E-state index in [1.807, 2.05) is 67.6 Å². The van der Waals surface area contributed by atoms with Crippen molar-refractivity contribution in [1.29, 1.82) is 5.26 Å². The number of carbonyl (C=O) groups is 1. The van der Waals surface area contributed by atoms with Crippen molar-refractivity contribution in [3.63, 3.8) is 0 Å². The van der Waals surface area contributed by atoms with Crippen LogP contribution in [-0.4, -0.2) is 25.5 Å². The summed E-state index contributed by atoms with van der Waals surface area (Å²) in [5.41, 5.74) is 3.02. The Bertz CT molecular complexity index is 1170. The monoisotopic (exact) mass is 368 g/mol. The first-order valence-electron chi connectivity index (χ1n) is 8.64. The first-order valence-corrected chi connectivity index (χ1v) is 8.64. The number of para-hydroxylation sites is 2. The number of carbonyl (C=O) groups excluding carboxylic acids is 1. The highest BCUT2D eigenvalue weighted by Crippen LogP contribution is 2.21. The highest BCUT2D eigenvalue weighted by molar-refractivity contribution is 6.05. The maximum absolute atomic E-state index is 12.9. The second kappa shape index (κ2) is 7.21. The van der Waals surface area contributed by atoms with E-state index in [0.29, 0.717) is 17.1 Å². The summed E-state index contributed by atoms with van der Waals surface area (Å²) in [5, 5.41) is 20.8. The highest BCUT2D eigenvalue weighted by Gasteiger charge is 2.20. The first-order chi connectivity index (χ1) is 13.7. The molecule has 4 rings (SSSR count). The zero-order valence-electron chi connectivity index (χ0n) is 15.1. The van der Waals surface area contributed by atoms with Crippen molar-refractivity contribution in [2.24, 2.45) is 0 Å². The van der Waals surface area contributed by atoms with E-state index in [1.165, 1.54) is 17.1 Å². The van der Waals surface area contributed by atoms with Crippen molar-refractivity contribution in [1.82, 2.24) is 19.6 Å². The Morgan fingerprint density at radius 3 is 2.11 bits per heavy atom. The standard InChI is InChI=1S/C21H16N6O/c1-15-19(14-24-26(15)17-8-4-2-5-9-17)21(28)25-20-16(12-22)13-23-27(20)18-10-6-3-7-11-18/h2-11,13-14H,1H3,(H,25,28). The number of benzene rings is 2. The predicted molar refractivity (Wildman–Crippen MR) is 105 cm³/mol. The molecule has 0 unspecified atom stereocenters. The van der Waals surface area contributed by atoms with Crippen molar-refractivity contribution in [2.75, 3.05) is 5.32 Å². The smallest absolute Gasteiger partial charge is 0.260 e. The fraction of sp³-hybridized carbons (Fsp3) is 0.0476. The second-order valence-corrected chi connectivity index (χ2v) is 6.11. The quantitative estimate of drug-likeness (QED) is 0.597. The number of hydrogen-bond donors (Lipinski definition) is 1. The molecule has 1 N–H and O–H groups in total. The molecule has 136 valence electrons. The van der Waals surface area contributed by atoms with Crippen LogP contribution in [0, 0.1) is 18.3 Å². The second-order valence-electron chi connectivity index (χ2n) is 6.11. The van der Waals surface area contributed by atoms with Gasteiger partial charge in [-0.25, -0.2) is 9.36 Å². The molecule has 1 amide bonds. The molecule has 0 saturated heterocycles. The van der Waals surface area contributed by atoms with Gasteiger partial charge in [0, 0.05) is 0 Å². The van der Waals surface area contributed by atoms with Gasteiger partial charge < -0.3 is 5.32 Å². The lowest BCUT2D eigenvalue weighted by Gasteiger charge is -2.10. The Kier molecular flexibility index (Phi) is 4.44. The van der Waals surface area contributed by atoms with Crippen LogP contribution >= 0.6 is 0 Å². The van der Waals surface area contributed by atoms with Gasteiger partial charge in [0.15, 0.2) is 5.82 Å². The molecule has 2 aromatic heterocycles. The molecule has 2 heterocycles. The highest BCUT2D eigenvalue weighted by atomic mass is 16.1. The molecule has 0 aliphatic rings. The van der Waals surface area contributed by atoms with Gasteiger partial charge in [-0.3, -0.25) is 4.79 Å². The molecule has 0 spiro atoms. The Balaban J connectivity index is 1.68. The SMILES string of the molecule is Cc1c(C(=O)Nc2c(C#N)cnn2-c2ccccc2)cnn1-c1ccccc1. The van der Waals surface area contributed by atoms with Crippen LogP contribution in [-0.2, 0) is 0 Å². The van der Waals surface area contributed by atoms with Crippen LogP contribution in [0.25, 0.3) is 11.4 Å². The van der Waals surface area contributed by atoms with Gasteiger partial charge in [0.05, 0.1) is 35.0 Å². The molecule has 0 aliphatic heterocycles. The summed E-state index contributed by atoms with van der Waals surface area (Å²) in [6, 6.07) is 21.0. The fourth-order valence-electron chi connectivity index (χ4n) is 2.95. The van der Waals surface area contributed by atoms with Crippen molar-refractivity contribution in [2.45, 2.75) is 6.92 Å². The molecule has 0 radical (unpaired) electrons. The molecular weight excluding hydrogens is 352 g/mol. The van der Waals surface area contributed by atoms with Crippen LogP contribution in [0.2, 0.25) is 0 Å². The number of aromatic nitrogens is 4. The number of amides is 1. The maximum atomic E-state index is 12.9. The summed E-state index contributed by atoms with van der Waals surface area (Å²) in [6.45, 7) is 1.83. The number of nitriles is 1. The molecule has 0 fully saturated rings. The van der Waals surface area contributed by atoms with Gasteiger partial charge in [0.2, 0.25) is 0 Å². The molecule has 0 aliphatic carbocycles. The third-order valence-electron chi connectivity index (χ3n) is 4.38. The summed E-state index contributed by atoms with van der Waals surface area (Å²) in [7, 11) is 0. The van der Waals surface area contributed by atoms with Crippen molar-refractivity contribution < 1.29 is 4.79 Å². The number of hydrogen-bond acceptors (Lipinski definition) is 4. The van der Waals surface area contributed by atoms with Crippen LogP contribution in [0.5, 0.6) is 0 Å². The first kappa shape index (κ1) is 17.2. The van der Waals surface area contributed by atoms with Crippen LogP contribution in [0.3, 0.4) is 0 Å². The predicted octanol–water partition coefficient (Wildman–Crippen LogP) is 3.49. The third-order valence-corrected chi connectivity index (χ3v) is 4.38. The lowest BCUT2D eigenvalue weighted by Crippen LogP contribution is -2.17. The summed E-state index contributed by atoms with van der Waals surface area (Å²) in [6.07, 6.45) is 2.95. The summed E-state index contributed by atoms with van der Waals surface area (Å²) in [4.78, 5) is 12.9. The van der Waals surface area contributed by atoms with Gasteiger partial charge in [-0.15, -0.1) is 0 Å². The normalized spacial score (nSPS) is 10.4. The largest absolute Gasteiger partial charge is 0.305 e. The molecule has 28 heavy (non-hydrogen) atoms. The van der Waals surface area contributed by atoms with Crippen LogP contribution in [0.4, 0.5) is 5.82 Å². The van der Waals surface area contributed by atoms with Gasteiger partial charge in [0.1, 0.15) is 11.6 Å². The van der Waals surface area contributed by atoms with Gasteiger partial charge in [-0.05, 0) is 31.2 Å². The minimum Gasteiger partial charge on any atom is -0.305 e. The van der Waals surface area contributed by atoms with Crippen LogP contribution in [0.1, 0.15) is 21.6 Å². The van der Waals surface area contributed by atoms with Gasteiger partial charge in [0.25, 0.3) is 5.91 Å². The topological polar surface area (TPSA) is 88.5 Å². The summed E-state index contributed by atoms with van der Waals surface area (Å²) in [5.74, 6) is -0.0283. The molecule has 7 nitrogen and oxygen atoms in total. The van der Waals surface area contributed by atoms with Gasteiger partial charge in [-0.2, -0.15) is 15.5 Å². The number of anilines is 1. The number of rotatable bonds is 4. The lowest BCUT2D eigenvalue weighted by atomic mass is 10.2. The van der Waals surface area contributed by atoms with E-state index in [0.717, 1.165) is 11.4 Å². The van der Waals surface area contributed by atoms with Gasteiger partial charge in [-0.1, -0.05) is 36.4 Å². The van der Waals surface area contributed by atoms with Crippen LogP contribution in [0.15, 0.2) is 73.1 Å². The lowest BCUT2D eigenvalue weighted by molar-refractivity contribution is 0.102. The molecule has 4 aromatic rings. The van der Waals surface area contributed by atoms with Crippen molar-refractivity contribution >= 4 is 11.7 Å². The molecule has 0 saturated carbocycles. The van der Waals surface area contributed by atoms with Crippen LogP contribution < -0.4 is 5.32 Å². The fourth-order valence-corrected chi connectivity index (χ4v) is 2.95. The van der Waals surface area contributed by atoms with E-state index in [1.54, 1.807) is 4.68 Å². The molecular formula is C21H16N6O. The average molecular weight is 368 g/mol. The number of nitrogens with one attached hydrogen (secondary N) is 1. The third kappa shape index (κ3) is 3.04. The van der Waals surface area contributed by atoms with E-state index in [2.05, 4.69) is 21.6 Å². The Hall–Kier alpha value is -4.18. The summed E-state index contributed by atoms with van der Waals surface area (Å²) < 4.78 is 3.24. The average Bonchev–Trinajstić information content (AvgIpc) is 3.32. The minimum atomic E-state index is -0.353. The maximum Gasteiger partial charge on any atom is 0.260 e. The van der Waals surface area contributed by atoms with Crippen molar-refractivity contribution in [3.8, 4) is 17.4 Å². The molecule has 0 bridgehead atoms. The Morgan fingerprint density at radius 1 is 0.929 bits per heavy atom.